The van der Waals surface area contributed by atoms with Gasteiger partial charge in [0.2, 0.25) is 5.82 Å². The third kappa shape index (κ3) is 2.08. The summed E-state index contributed by atoms with van der Waals surface area (Å²) in [5.74, 6) is -1.42. The molecule has 1 unspecified atom stereocenters. The van der Waals surface area contributed by atoms with Crippen LogP contribution in [0.2, 0.25) is 0 Å². The maximum atomic E-state index is 12.3. The van der Waals surface area contributed by atoms with Crippen molar-refractivity contribution in [2.75, 3.05) is 6.61 Å². The van der Waals surface area contributed by atoms with Crippen LogP contribution in [0.15, 0.2) is 28.8 Å². The van der Waals surface area contributed by atoms with Gasteiger partial charge in [0.25, 0.3) is 0 Å². The molecule has 1 saturated heterocycles. The Morgan fingerprint density at radius 3 is 2.33 bits per heavy atom. The molecular weight excluding hydrogens is 249 g/mol. The fourth-order valence-corrected chi connectivity index (χ4v) is 1.54. The molecule has 1 fully saturated rings. The third-order valence-corrected chi connectivity index (χ3v) is 2.54. The molecule has 0 amide bonds. The van der Waals surface area contributed by atoms with E-state index in [4.69, 9.17) is 4.74 Å². The van der Waals surface area contributed by atoms with Crippen LogP contribution in [-0.4, -0.2) is 16.7 Å². The van der Waals surface area contributed by atoms with Gasteiger partial charge in [0.05, 0.1) is 6.61 Å². The number of nitrogens with zero attached hydrogens (tertiary/aromatic N) is 2. The Balaban J connectivity index is 1.87. The van der Waals surface area contributed by atoms with Gasteiger partial charge in [-0.1, -0.05) is 29.4 Å². The van der Waals surface area contributed by atoms with E-state index in [9.17, 15) is 13.2 Å². The fraction of sp³-hybridized carbons (Fsp3) is 0.273. The van der Waals surface area contributed by atoms with Crippen molar-refractivity contribution in [2.45, 2.75) is 12.3 Å². The summed E-state index contributed by atoms with van der Waals surface area (Å²) in [6.07, 6.45) is -4.51. The molecule has 3 rings (SSSR count). The number of hydrogen-bond donors (Lipinski definition) is 0. The third-order valence-electron chi connectivity index (χ3n) is 2.54. The van der Waals surface area contributed by atoms with Crippen LogP contribution in [0.1, 0.15) is 17.6 Å². The van der Waals surface area contributed by atoms with Gasteiger partial charge < -0.3 is 9.26 Å². The van der Waals surface area contributed by atoms with Gasteiger partial charge in [-0.15, -0.1) is 0 Å². The SMILES string of the molecule is FC(F)(F)c1nc(-c2ccc(C3CO3)cc2)no1. The van der Waals surface area contributed by atoms with Crippen LogP contribution in [0.25, 0.3) is 11.4 Å². The molecule has 0 N–H and O–H groups in total. The van der Waals surface area contributed by atoms with Crippen molar-refractivity contribution in [3.8, 4) is 11.4 Å². The Bertz CT molecular complexity index is 558. The van der Waals surface area contributed by atoms with Crippen molar-refractivity contribution in [3.05, 3.63) is 35.7 Å². The van der Waals surface area contributed by atoms with Crippen LogP contribution >= 0.6 is 0 Å². The normalized spacial score (nSPS) is 18.9. The van der Waals surface area contributed by atoms with Crippen molar-refractivity contribution >= 4 is 0 Å². The van der Waals surface area contributed by atoms with Gasteiger partial charge in [-0.2, -0.15) is 18.2 Å². The van der Waals surface area contributed by atoms with Crippen molar-refractivity contribution in [1.29, 1.82) is 0 Å². The standard InChI is InChI=1S/C11H7F3N2O2/c12-11(13,14)10-15-9(16-18-10)7-3-1-6(2-4-7)8-5-17-8/h1-4,8H,5H2. The minimum atomic E-state index is -4.62. The molecule has 2 aromatic rings. The quantitative estimate of drug-likeness (QED) is 0.775. The zero-order chi connectivity index (χ0) is 12.8. The van der Waals surface area contributed by atoms with Crippen molar-refractivity contribution in [2.24, 2.45) is 0 Å². The van der Waals surface area contributed by atoms with E-state index in [0.717, 1.165) is 5.56 Å². The molecule has 0 radical (unpaired) electrons. The second-order valence-electron chi connectivity index (χ2n) is 3.86. The van der Waals surface area contributed by atoms with Crippen molar-refractivity contribution in [3.63, 3.8) is 0 Å². The van der Waals surface area contributed by atoms with Gasteiger partial charge in [-0.25, -0.2) is 0 Å². The first kappa shape index (κ1) is 11.2. The highest BCUT2D eigenvalue weighted by Gasteiger charge is 2.38. The molecule has 94 valence electrons. The van der Waals surface area contributed by atoms with E-state index < -0.39 is 12.1 Å². The fourth-order valence-electron chi connectivity index (χ4n) is 1.54. The molecule has 1 aliphatic heterocycles. The minimum absolute atomic E-state index is 0.0782. The average Bonchev–Trinajstić information content (AvgIpc) is 3.05. The molecular formula is C11H7F3N2O2. The summed E-state index contributed by atoms with van der Waals surface area (Å²) in [7, 11) is 0. The average molecular weight is 256 g/mol. The van der Waals surface area contributed by atoms with E-state index in [-0.39, 0.29) is 11.9 Å². The lowest BCUT2D eigenvalue weighted by molar-refractivity contribution is -0.159. The number of rotatable bonds is 2. The van der Waals surface area contributed by atoms with Crippen LogP contribution < -0.4 is 0 Å². The first-order valence-corrected chi connectivity index (χ1v) is 5.17. The largest absolute Gasteiger partial charge is 0.471 e. The van der Waals surface area contributed by atoms with E-state index in [1.807, 2.05) is 0 Å². The Labute approximate surface area is 99.4 Å². The van der Waals surface area contributed by atoms with E-state index >= 15 is 0 Å². The van der Waals surface area contributed by atoms with Gasteiger partial charge >= 0.3 is 12.1 Å². The van der Waals surface area contributed by atoms with Crippen LogP contribution in [-0.2, 0) is 10.9 Å². The Kier molecular flexibility index (Phi) is 2.37. The second kappa shape index (κ2) is 3.81. The topological polar surface area (TPSA) is 51.5 Å². The van der Waals surface area contributed by atoms with E-state index in [1.54, 1.807) is 24.3 Å². The Morgan fingerprint density at radius 1 is 1.17 bits per heavy atom. The zero-order valence-electron chi connectivity index (χ0n) is 8.94. The van der Waals surface area contributed by atoms with Crippen LogP contribution in [0.4, 0.5) is 13.2 Å². The summed E-state index contributed by atoms with van der Waals surface area (Å²) in [5.41, 5.74) is 1.46. The molecule has 0 spiro atoms. The van der Waals surface area contributed by atoms with Gasteiger partial charge in [0, 0.05) is 5.56 Å². The van der Waals surface area contributed by atoms with Crippen LogP contribution in [0, 0.1) is 0 Å². The molecule has 2 heterocycles. The monoisotopic (exact) mass is 256 g/mol. The lowest BCUT2D eigenvalue weighted by atomic mass is 10.1. The maximum absolute atomic E-state index is 12.3. The molecule has 1 atom stereocenters. The number of benzene rings is 1. The number of hydrogen-bond acceptors (Lipinski definition) is 4. The predicted octanol–water partition coefficient (Wildman–Crippen LogP) is 2.83. The van der Waals surface area contributed by atoms with Crippen molar-refractivity contribution < 1.29 is 22.4 Å². The Morgan fingerprint density at radius 2 is 1.83 bits per heavy atom. The summed E-state index contributed by atoms with van der Waals surface area (Å²) >= 11 is 0. The lowest BCUT2D eigenvalue weighted by Gasteiger charge is -1.98. The minimum Gasteiger partial charge on any atom is -0.368 e. The van der Waals surface area contributed by atoms with Crippen LogP contribution in [0.5, 0.6) is 0 Å². The van der Waals surface area contributed by atoms with Crippen LogP contribution in [0.3, 0.4) is 0 Å². The van der Waals surface area contributed by atoms with E-state index in [0.29, 0.717) is 12.2 Å². The summed E-state index contributed by atoms with van der Waals surface area (Å²) in [6.45, 7) is 0.680. The van der Waals surface area contributed by atoms with Gasteiger partial charge in [-0.05, 0) is 5.56 Å². The highest BCUT2D eigenvalue weighted by molar-refractivity contribution is 5.55. The molecule has 0 bridgehead atoms. The summed E-state index contributed by atoms with van der Waals surface area (Å²) in [6, 6.07) is 6.83. The first-order chi connectivity index (χ1) is 8.54. The zero-order valence-corrected chi connectivity index (χ0v) is 8.94. The number of alkyl halides is 3. The number of epoxide rings is 1. The Hall–Kier alpha value is -1.89. The lowest BCUT2D eigenvalue weighted by Crippen LogP contribution is -2.04. The second-order valence-corrected chi connectivity index (χ2v) is 3.86. The molecule has 18 heavy (non-hydrogen) atoms. The summed E-state index contributed by atoms with van der Waals surface area (Å²) in [5, 5.41) is 3.31. The summed E-state index contributed by atoms with van der Waals surface area (Å²) in [4.78, 5) is 3.31. The molecule has 0 aliphatic carbocycles. The number of ether oxygens (including phenoxy) is 1. The highest BCUT2D eigenvalue weighted by Crippen LogP contribution is 2.32. The molecule has 1 aromatic carbocycles. The van der Waals surface area contributed by atoms with Gasteiger partial charge in [-0.3, -0.25) is 0 Å². The highest BCUT2D eigenvalue weighted by atomic mass is 19.4. The molecule has 0 saturated carbocycles. The number of halogens is 3. The van der Waals surface area contributed by atoms with Crippen molar-refractivity contribution in [1.82, 2.24) is 10.1 Å². The molecule has 4 nitrogen and oxygen atoms in total. The predicted molar refractivity (Wildman–Crippen MR) is 53.4 cm³/mol. The molecule has 1 aromatic heterocycles. The summed E-state index contributed by atoms with van der Waals surface area (Å²) < 4.78 is 46.1. The molecule has 1 aliphatic rings. The van der Waals surface area contributed by atoms with Gasteiger partial charge in [0.1, 0.15) is 6.10 Å². The van der Waals surface area contributed by atoms with E-state index in [2.05, 4.69) is 14.7 Å². The molecule has 7 heteroatoms. The first-order valence-electron chi connectivity index (χ1n) is 5.17. The number of aromatic nitrogens is 2. The maximum Gasteiger partial charge on any atom is 0.471 e. The smallest absolute Gasteiger partial charge is 0.368 e. The van der Waals surface area contributed by atoms with Gasteiger partial charge in [0.15, 0.2) is 0 Å². The van der Waals surface area contributed by atoms with E-state index in [1.165, 1.54) is 0 Å².